The number of benzene rings is 2. The minimum atomic E-state index is -0.802. The Morgan fingerprint density at radius 3 is 2.61 bits per heavy atom. The number of anilines is 1. The first-order valence-corrected chi connectivity index (χ1v) is 10.6. The molecule has 8 heteroatoms. The average Bonchev–Trinajstić information content (AvgIpc) is 3.29. The lowest BCUT2D eigenvalue weighted by Crippen LogP contribution is -2.41. The van der Waals surface area contributed by atoms with Crippen molar-refractivity contribution >= 4 is 22.9 Å². The third-order valence-electron chi connectivity index (χ3n) is 5.34. The van der Waals surface area contributed by atoms with Crippen LogP contribution in [-0.2, 0) is 11.2 Å². The Hall–Kier alpha value is -2.97. The van der Waals surface area contributed by atoms with Crippen LogP contribution in [0.5, 0.6) is 11.5 Å². The Labute approximate surface area is 183 Å². The van der Waals surface area contributed by atoms with E-state index in [-0.39, 0.29) is 24.2 Å². The van der Waals surface area contributed by atoms with Crippen molar-refractivity contribution in [1.82, 2.24) is 4.90 Å². The van der Waals surface area contributed by atoms with Crippen molar-refractivity contribution in [3.63, 3.8) is 0 Å². The number of thiophene rings is 1. The molecule has 1 aliphatic heterocycles. The maximum absolute atomic E-state index is 13.9. The van der Waals surface area contributed by atoms with E-state index >= 15 is 0 Å². The van der Waals surface area contributed by atoms with Gasteiger partial charge in [0, 0.05) is 17.5 Å². The first-order chi connectivity index (χ1) is 15.0. The number of hydrogen-bond donors (Lipinski definition) is 1. The second-order valence-electron chi connectivity index (χ2n) is 7.22. The lowest BCUT2D eigenvalue weighted by Gasteiger charge is -2.37. The molecule has 1 amide bonds. The van der Waals surface area contributed by atoms with Crippen LogP contribution < -0.4 is 14.8 Å². The number of carbonyl (C=O) groups excluding carboxylic acids is 1. The average molecular weight is 445 g/mol. The molecule has 0 bridgehead atoms. The van der Waals surface area contributed by atoms with Gasteiger partial charge in [0.05, 0.1) is 32.5 Å². The zero-order valence-electron chi connectivity index (χ0n) is 17.2. The smallest absolute Gasteiger partial charge is 0.238 e. The van der Waals surface area contributed by atoms with Crippen LogP contribution in [0.15, 0.2) is 47.8 Å². The summed E-state index contributed by atoms with van der Waals surface area (Å²) in [6, 6.07) is 10.9. The van der Waals surface area contributed by atoms with Crippen molar-refractivity contribution < 1.29 is 23.0 Å². The maximum atomic E-state index is 13.9. The Balaban J connectivity index is 1.62. The fourth-order valence-corrected chi connectivity index (χ4v) is 4.79. The zero-order chi connectivity index (χ0) is 22.0. The molecule has 31 heavy (non-hydrogen) atoms. The molecule has 1 atom stereocenters. The van der Waals surface area contributed by atoms with Gasteiger partial charge in [-0.2, -0.15) is 0 Å². The fraction of sp³-hybridized carbons (Fsp3) is 0.261. The molecule has 1 aliphatic rings. The van der Waals surface area contributed by atoms with Gasteiger partial charge in [0.25, 0.3) is 0 Å². The molecule has 3 aromatic rings. The van der Waals surface area contributed by atoms with Crippen LogP contribution >= 0.6 is 11.3 Å². The standard InChI is InChI=1S/C23H22F2N2O3S/c1-29-19-10-14-7-8-27(13-22(28)26-18-6-5-15(24)11-17(18)25)23(21-4-3-9-31-21)16(14)12-20(19)30-2/h3-6,9-12,23H,7-8,13H2,1-2H3,(H,26,28)/t23-/m1/s1. The van der Waals surface area contributed by atoms with E-state index in [1.54, 1.807) is 25.6 Å². The Bertz CT molecular complexity index is 1090. The number of halogens is 2. The second-order valence-corrected chi connectivity index (χ2v) is 8.20. The first kappa shape index (κ1) is 21.3. The number of amides is 1. The number of carbonyl (C=O) groups is 1. The van der Waals surface area contributed by atoms with Crippen molar-refractivity contribution in [3.8, 4) is 11.5 Å². The van der Waals surface area contributed by atoms with Gasteiger partial charge in [0.15, 0.2) is 11.5 Å². The predicted molar refractivity (Wildman–Crippen MR) is 116 cm³/mol. The third kappa shape index (κ3) is 4.40. The van der Waals surface area contributed by atoms with Crippen LogP contribution in [0.4, 0.5) is 14.5 Å². The van der Waals surface area contributed by atoms with Crippen molar-refractivity contribution in [1.29, 1.82) is 0 Å². The molecule has 2 aromatic carbocycles. The lowest BCUT2D eigenvalue weighted by atomic mass is 9.91. The summed E-state index contributed by atoms with van der Waals surface area (Å²) in [7, 11) is 3.20. The van der Waals surface area contributed by atoms with E-state index in [1.165, 1.54) is 6.07 Å². The van der Waals surface area contributed by atoms with Crippen LogP contribution in [0, 0.1) is 11.6 Å². The first-order valence-electron chi connectivity index (χ1n) is 9.77. The summed E-state index contributed by atoms with van der Waals surface area (Å²) in [6.45, 7) is 0.706. The van der Waals surface area contributed by atoms with Crippen molar-refractivity contribution in [2.75, 3.05) is 32.6 Å². The molecule has 0 aliphatic carbocycles. The van der Waals surface area contributed by atoms with E-state index in [4.69, 9.17) is 9.47 Å². The second kappa shape index (κ2) is 9.03. The summed E-state index contributed by atoms with van der Waals surface area (Å²) in [5.41, 5.74) is 2.15. The number of ether oxygens (including phenoxy) is 2. The van der Waals surface area contributed by atoms with Gasteiger partial charge in [-0.3, -0.25) is 9.69 Å². The van der Waals surface area contributed by atoms with Crippen molar-refractivity contribution in [3.05, 3.63) is 75.5 Å². The predicted octanol–water partition coefficient (Wildman–Crippen LogP) is 4.63. The quantitative estimate of drug-likeness (QED) is 0.602. The number of nitrogens with zero attached hydrogens (tertiary/aromatic N) is 1. The Morgan fingerprint density at radius 1 is 1.16 bits per heavy atom. The van der Waals surface area contributed by atoms with E-state index in [2.05, 4.69) is 10.2 Å². The van der Waals surface area contributed by atoms with Gasteiger partial charge >= 0.3 is 0 Å². The van der Waals surface area contributed by atoms with Gasteiger partial charge in [0.2, 0.25) is 5.91 Å². The molecule has 0 radical (unpaired) electrons. The van der Waals surface area contributed by atoms with E-state index in [0.29, 0.717) is 18.0 Å². The SMILES string of the molecule is COc1cc2c(cc1OC)[C@H](c1cccs1)N(CC(=O)Nc1ccc(F)cc1F)CC2. The maximum Gasteiger partial charge on any atom is 0.238 e. The number of hydrogen-bond acceptors (Lipinski definition) is 5. The summed E-state index contributed by atoms with van der Waals surface area (Å²) in [5.74, 6) is -0.558. The van der Waals surface area contributed by atoms with E-state index in [9.17, 15) is 13.6 Å². The molecule has 1 N–H and O–H groups in total. The highest BCUT2D eigenvalue weighted by molar-refractivity contribution is 7.10. The number of rotatable bonds is 6. The van der Waals surface area contributed by atoms with Crippen LogP contribution in [0.2, 0.25) is 0 Å². The largest absolute Gasteiger partial charge is 0.493 e. The zero-order valence-corrected chi connectivity index (χ0v) is 18.0. The molecule has 0 saturated heterocycles. The summed E-state index contributed by atoms with van der Waals surface area (Å²) < 4.78 is 38.0. The molecule has 1 aromatic heterocycles. The van der Waals surface area contributed by atoms with Gasteiger partial charge in [-0.15, -0.1) is 11.3 Å². The molecular weight excluding hydrogens is 422 g/mol. The van der Waals surface area contributed by atoms with Crippen LogP contribution in [0.25, 0.3) is 0 Å². The number of nitrogens with one attached hydrogen (secondary N) is 1. The lowest BCUT2D eigenvalue weighted by molar-refractivity contribution is -0.117. The number of methoxy groups -OCH3 is 2. The van der Waals surface area contributed by atoms with Crippen molar-refractivity contribution in [2.45, 2.75) is 12.5 Å². The van der Waals surface area contributed by atoms with Crippen LogP contribution in [-0.4, -0.2) is 38.1 Å². The van der Waals surface area contributed by atoms with Crippen LogP contribution in [0.1, 0.15) is 22.0 Å². The molecular formula is C23H22F2N2O3S. The summed E-state index contributed by atoms with van der Waals surface area (Å²) in [6.07, 6.45) is 0.732. The molecule has 0 fully saturated rings. The monoisotopic (exact) mass is 444 g/mol. The molecule has 0 saturated carbocycles. The highest BCUT2D eigenvalue weighted by Crippen LogP contribution is 2.42. The van der Waals surface area contributed by atoms with Gasteiger partial charge in [-0.05, 0) is 53.3 Å². The highest BCUT2D eigenvalue weighted by Gasteiger charge is 2.32. The van der Waals surface area contributed by atoms with Gasteiger partial charge in [0.1, 0.15) is 11.6 Å². The summed E-state index contributed by atoms with van der Waals surface area (Å²) >= 11 is 1.61. The van der Waals surface area contributed by atoms with Crippen molar-refractivity contribution in [2.24, 2.45) is 0 Å². The summed E-state index contributed by atoms with van der Waals surface area (Å²) in [4.78, 5) is 15.9. The minimum absolute atomic E-state index is 0.0390. The topological polar surface area (TPSA) is 50.8 Å². The Kier molecular flexibility index (Phi) is 6.20. The summed E-state index contributed by atoms with van der Waals surface area (Å²) in [5, 5.41) is 4.55. The van der Waals surface area contributed by atoms with Crippen LogP contribution in [0.3, 0.4) is 0 Å². The molecule has 0 unspecified atom stereocenters. The highest BCUT2D eigenvalue weighted by atomic mass is 32.1. The Morgan fingerprint density at radius 2 is 1.94 bits per heavy atom. The third-order valence-corrected chi connectivity index (χ3v) is 6.26. The van der Waals surface area contributed by atoms with Gasteiger partial charge in [-0.25, -0.2) is 8.78 Å². The van der Waals surface area contributed by atoms with Gasteiger partial charge in [-0.1, -0.05) is 6.07 Å². The minimum Gasteiger partial charge on any atom is -0.493 e. The molecule has 2 heterocycles. The van der Waals surface area contributed by atoms with E-state index < -0.39 is 11.6 Å². The molecule has 162 valence electrons. The van der Waals surface area contributed by atoms with E-state index in [0.717, 1.165) is 34.6 Å². The van der Waals surface area contributed by atoms with E-state index in [1.807, 2.05) is 29.6 Å². The number of fused-ring (bicyclic) bond motifs is 1. The molecule has 4 rings (SSSR count). The normalized spacial score (nSPS) is 15.9. The fourth-order valence-electron chi connectivity index (χ4n) is 3.91. The molecule has 5 nitrogen and oxygen atoms in total. The van der Waals surface area contributed by atoms with Gasteiger partial charge < -0.3 is 14.8 Å². The molecule has 0 spiro atoms.